The molecule has 13 nitrogen and oxygen atoms in total. The third-order valence-corrected chi connectivity index (χ3v) is 9.29. The van der Waals surface area contributed by atoms with E-state index in [-0.39, 0.29) is 30.6 Å². The number of carbonyl (C=O) groups is 3. The summed E-state index contributed by atoms with van der Waals surface area (Å²) in [6.07, 6.45) is 9.19. The second-order valence-corrected chi connectivity index (χ2v) is 15.0. The van der Waals surface area contributed by atoms with Crippen molar-refractivity contribution >= 4 is 23.9 Å². The van der Waals surface area contributed by atoms with Crippen LogP contribution in [0.15, 0.2) is 47.8 Å². The van der Waals surface area contributed by atoms with E-state index in [2.05, 4.69) is 44.8 Å². The molecule has 1 aliphatic carbocycles. The van der Waals surface area contributed by atoms with Gasteiger partial charge in [-0.15, -0.1) is 0 Å². The Bertz CT molecular complexity index is 1340. The number of alkyl carbamates (subject to hydrolysis) is 1. The zero-order chi connectivity index (χ0) is 36.7. The van der Waals surface area contributed by atoms with E-state index in [1.807, 2.05) is 30.3 Å². The predicted molar refractivity (Wildman–Crippen MR) is 195 cm³/mol. The number of amides is 3. The molecule has 1 fully saturated rings. The second-order valence-electron chi connectivity index (χ2n) is 15.0. The number of rotatable bonds is 18. The molecule has 9 N–H and O–H groups in total. The SMILES string of the molecule is CC(C)[C@@H](CCN=C(N)N)C[C@H](O)[C@H](CC1CCCCC1)NC(=O)[C@H](Cc1cnc[nH]1)NC(=O)[C@H](Cc1ccccc1)NC(=O)OC(C)(C)C. The molecule has 0 saturated heterocycles. The van der Waals surface area contributed by atoms with Crippen LogP contribution >= 0.6 is 0 Å². The summed E-state index contributed by atoms with van der Waals surface area (Å²) in [4.78, 5) is 52.2. The van der Waals surface area contributed by atoms with Gasteiger partial charge in [0, 0.05) is 31.3 Å². The van der Waals surface area contributed by atoms with Crippen LogP contribution < -0.4 is 27.4 Å². The molecule has 0 radical (unpaired) electrons. The van der Waals surface area contributed by atoms with Crippen molar-refractivity contribution in [1.82, 2.24) is 25.9 Å². The number of hydrogen-bond acceptors (Lipinski definition) is 7. The molecule has 2 aromatic rings. The minimum absolute atomic E-state index is 0.0353. The van der Waals surface area contributed by atoms with E-state index in [9.17, 15) is 19.5 Å². The Balaban J connectivity index is 1.84. The lowest BCUT2D eigenvalue weighted by Crippen LogP contribution is -2.57. The number of aliphatic hydroxyl groups excluding tert-OH is 1. The van der Waals surface area contributed by atoms with Gasteiger partial charge in [-0.25, -0.2) is 9.78 Å². The fraction of sp³-hybridized carbons (Fsp3) is 0.649. The number of aromatic amines is 1. The Labute approximate surface area is 297 Å². The maximum atomic E-state index is 14.2. The number of benzene rings is 1. The van der Waals surface area contributed by atoms with Crippen molar-refractivity contribution in [2.75, 3.05) is 6.54 Å². The van der Waals surface area contributed by atoms with Crippen molar-refractivity contribution < 1.29 is 24.2 Å². The van der Waals surface area contributed by atoms with Crippen molar-refractivity contribution in [3.05, 3.63) is 54.1 Å². The zero-order valence-corrected chi connectivity index (χ0v) is 30.5. The highest BCUT2D eigenvalue weighted by atomic mass is 16.6. The van der Waals surface area contributed by atoms with Crippen LogP contribution in [0.5, 0.6) is 0 Å². The quantitative estimate of drug-likeness (QED) is 0.0900. The van der Waals surface area contributed by atoms with Crippen LogP contribution in [-0.4, -0.2) is 75.3 Å². The lowest BCUT2D eigenvalue weighted by atomic mass is 9.80. The topological polar surface area (TPSA) is 210 Å². The number of hydrogen-bond donors (Lipinski definition) is 7. The van der Waals surface area contributed by atoms with Crippen LogP contribution in [0.4, 0.5) is 4.79 Å². The Kier molecular flexibility index (Phi) is 16.0. The summed E-state index contributed by atoms with van der Waals surface area (Å²) in [6.45, 7) is 9.90. The number of guanidine groups is 1. The largest absolute Gasteiger partial charge is 0.444 e. The summed E-state index contributed by atoms with van der Waals surface area (Å²) in [6, 6.07) is 6.74. The number of ether oxygens (including phenoxy) is 1. The Morgan fingerprint density at radius 3 is 2.26 bits per heavy atom. The van der Waals surface area contributed by atoms with Gasteiger partial charge in [0.1, 0.15) is 17.7 Å². The lowest BCUT2D eigenvalue weighted by molar-refractivity contribution is -0.131. The first kappa shape index (κ1) is 40.3. The lowest BCUT2D eigenvalue weighted by Gasteiger charge is -2.34. The van der Waals surface area contributed by atoms with E-state index in [0.717, 1.165) is 31.2 Å². The summed E-state index contributed by atoms with van der Waals surface area (Å²) in [5.41, 5.74) is 11.8. The van der Waals surface area contributed by atoms with Gasteiger partial charge < -0.3 is 42.2 Å². The number of aliphatic hydroxyl groups is 1. The molecule has 1 aliphatic rings. The number of H-pyrrole nitrogens is 1. The molecule has 0 bridgehead atoms. The van der Waals surface area contributed by atoms with Crippen LogP contribution in [0, 0.1) is 17.8 Å². The molecule has 0 aliphatic heterocycles. The monoisotopic (exact) mass is 696 g/mol. The third-order valence-electron chi connectivity index (χ3n) is 9.29. The van der Waals surface area contributed by atoms with E-state index in [4.69, 9.17) is 16.2 Å². The van der Waals surface area contributed by atoms with Gasteiger partial charge in [0.15, 0.2) is 5.96 Å². The minimum atomic E-state index is -1.02. The molecule has 50 heavy (non-hydrogen) atoms. The molecule has 3 rings (SSSR count). The van der Waals surface area contributed by atoms with Gasteiger partial charge in [0.2, 0.25) is 11.8 Å². The van der Waals surface area contributed by atoms with E-state index in [1.165, 1.54) is 12.7 Å². The maximum Gasteiger partial charge on any atom is 0.408 e. The summed E-state index contributed by atoms with van der Waals surface area (Å²) < 4.78 is 5.46. The minimum Gasteiger partial charge on any atom is -0.444 e. The fourth-order valence-electron chi connectivity index (χ4n) is 6.54. The van der Waals surface area contributed by atoms with Gasteiger partial charge in [-0.05, 0) is 63.4 Å². The highest BCUT2D eigenvalue weighted by molar-refractivity contribution is 5.91. The predicted octanol–water partition coefficient (Wildman–Crippen LogP) is 3.71. The first-order valence-electron chi connectivity index (χ1n) is 18.0. The number of nitrogens with zero attached hydrogens (tertiary/aromatic N) is 2. The van der Waals surface area contributed by atoms with Crippen molar-refractivity contribution in [3.63, 3.8) is 0 Å². The van der Waals surface area contributed by atoms with Crippen LogP contribution in [0.3, 0.4) is 0 Å². The first-order valence-corrected chi connectivity index (χ1v) is 18.0. The van der Waals surface area contributed by atoms with Gasteiger partial charge in [-0.1, -0.05) is 76.3 Å². The summed E-state index contributed by atoms with van der Waals surface area (Å²) in [7, 11) is 0. The van der Waals surface area contributed by atoms with Gasteiger partial charge >= 0.3 is 6.09 Å². The molecule has 278 valence electrons. The van der Waals surface area contributed by atoms with Crippen LogP contribution in [-0.2, 0) is 27.2 Å². The molecule has 1 saturated carbocycles. The van der Waals surface area contributed by atoms with Crippen molar-refractivity contribution in [2.24, 2.45) is 34.2 Å². The number of carbonyl (C=O) groups excluding carboxylic acids is 3. The highest BCUT2D eigenvalue weighted by Gasteiger charge is 2.33. The molecular weight excluding hydrogens is 636 g/mol. The molecule has 5 atom stereocenters. The molecule has 1 aromatic carbocycles. The molecule has 1 aromatic heterocycles. The number of aliphatic imine (C=N–C) groups is 1. The fourth-order valence-corrected chi connectivity index (χ4v) is 6.54. The number of nitrogens with one attached hydrogen (secondary N) is 4. The first-order chi connectivity index (χ1) is 23.7. The highest BCUT2D eigenvalue weighted by Crippen LogP contribution is 2.30. The molecular formula is C37H60N8O5. The smallest absolute Gasteiger partial charge is 0.408 e. The van der Waals surface area contributed by atoms with E-state index >= 15 is 0 Å². The number of imidazole rings is 1. The van der Waals surface area contributed by atoms with E-state index < -0.39 is 47.7 Å². The summed E-state index contributed by atoms with van der Waals surface area (Å²) in [5, 5.41) is 20.5. The second kappa shape index (κ2) is 19.9. The zero-order valence-electron chi connectivity index (χ0n) is 30.5. The van der Waals surface area contributed by atoms with Crippen LogP contribution in [0.25, 0.3) is 0 Å². The Morgan fingerprint density at radius 1 is 1.00 bits per heavy atom. The van der Waals surface area contributed by atoms with Gasteiger partial charge in [0.05, 0.1) is 18.5 Å². The maximum absolute atomic E-state index is 14.2. The summed E-state index contributed by atoms with van der Waals surface area (Å²) >= 11 is 0. The number of aromatic nitrogens is 2. The Morgan fingerprint density at radius 2 is 1.66 bits per heavy atom. The van der Waals surface area contributed by atoms with Gasteiger partial charge in [-0.2, -0.15) is 0 Å². The van der Waals surface area contributed by atoms with Crippen LogP contribution in [0.1, 0.15) is 97.2 Å². The molecule has 1 heterocycles. The van der Waals surface area contributed by atoms with Gasteiger partial charge in [-0.3, -0.25) is 14.6 Å². The normalized spacial score (nSPS) is 16.8. The van der Waals surface area contributed by atoms with Crippen molar-refractivity contribution in [1.29, 1.82) is 0 Å². The van der Waals surface area contributed by atoms with E-state index in [1.54, 1.807) is 27.0 Å². The Hall–Kier alpha value is -4.13. The van der Waals surface area contributed by atoms with Crippen molar-refractivity contribution in [2.45, 2.75) is 129 Å². The molecule has 0 unspecified atom stereocenters. The molecule has 13 heteroatoms. The van der Waals surface area contributed by atoms with Crippen molar-refractivity contribution in [3.8, 4) is 0 Å². The third kappa shape index (κ3) is 14.8. The van der Waals surface area contributed by atoms with E-state index in [0.29, 0.717) is 37.4 Å². The summed E-state index contributed by atoms with van der Waals surface area (Å²) in [5.74, 6) is -0.174. The average Bonchev–Trinajstić information content (AvgIpc) is 3.56. The number of nitrogens with two attached hydrogens (primary N) is 2. The molecule has 3 amide bonds. The average molecular weight is 697 g/mol. The van der Waals surface area contributed by atoms with Gasteiger partial charge in [0.25, 0.3) is 0 Å². The van der Waals surface area contributed by atoms with Crippen LogP contribution in [0.2, 0.25) is 0 Å². The molecule has 0 spiro atoms. The standard InChI is InChI=1S/C37H60N8O5/c1-24(2)27(16-17-41-35(38)39)20-32(46)29(18-25-12-8-6-9-13-25)43-34(48)31(21-28-22-40-23-42-28)44-33(47)30(19-26-14-10-7-11-15-26)45-36(49)50-37(3,4)5/h7,10-11,14-15,22-25,27,29-32,46H,6,8-9,12-13,16-21H2,1-5H3,(H,40,42)(H,43,48)(H,44,47)(H,45,49)(H4,38,39,41)/t27-,29-,30-,31-,32-/m0/s1.